The van der Waals surface area contributed by atoms with Gasteiger partial charge in [-0.15, -0.1) is 0 Å². The van der Waals surface area contributed by atoms with Crippen molar-refractivity contribution in [3.8, 4) is 0 Å². The van der Waals surface area contributed by atoms with Crippen LogP contribution >= 0.6 is 0 Å². The van der Waals surface area contributed by atoms with Crippen LogP contribution in [0.5, 0.6) is 0 Å². The second kappa shape index (κ2) is 24.2. The Bertz CT molecular complexity index is 31.3. The van der Waals surface area contributed by atoms with Gasteiger partial charge in [-0.05, 0) is 0 Å². The molecule has 0 saturated carbocycles. The zero-order valence-electron chi connectivity index (χ0n) is 6.72. The molecule has 0 aliphatic heterocycles. The molecule has 0 aromatic carbocycles. The van der Waals surface area contributed by atoms with E-state index in [4.69, 9.17) is 30.1 Å². The molecule has 0 atom stereocenters. The summed E-state index contributed by atoms with van der Waals surface area (Å²) in [6, 6.07) is 0. The Balaban J connectivity index is -0.0000000171. The maximum Gasteiger partial charge on any atom is 1.00 e. The third kappa shape index (κ3) is 105. The van der Waals surface area contributed by atoms with Gasteiger partial charge in [-0.1, -0.05) is 0 Å². The predicted octanol–water partition coefficient (Wildman–Crippen LogP) is -15.0. The third-order valence-corrected chi connectivity index (χ3v) is 0. The van der Waals surface area contributed by atoms with Crippen LogP contribution in [0, 0.1) is 0 Å². The molecular weight excluding hydrogens is 235 g/mol. The fourth-order valence-electron chi connectivity index (χ4n) is 0. The molecule has 3 N–H and O–H groups in total. The molecule has 11 heteroatoms. The van der Waals surface area contributed by atoms with E-state index in [9.17, 15) is 0 Å². The Hall–Kier alpha value is 4.80. The Kier molecular flexibility index (Phi) is 65.2. The van der Waals surface area contributed by atoms with Crippen molar-refractivity contribution in [1.29, 1.82) is 0 Å². The first kappa shape index (κ1) is 29.7. The van der Waals surface area contributed by atoms with Gasteiger partial charge >= 0.3 is 161 Å². The van der Waals surface area contributed by atoms with E-state index >= 15 is 0 Å². The van der Waals surface area contributed by atoms with Crippen molar-refractivity contribution < 1.29 is 184 Å². The quantitative estimate of drug-likeness (QED) is 0.359. The number of hydrogen-bond acceptors (Lipinski definition) is 6. The van der Waals surface area contributed by atoms with Crippen molar-refractivity contribution in [2.45, 2.75) is 0 Å². The van der Waals surface area contributed by atoms with Gasteiger partial charge in [0, 0.05) is 0 Å². The van der Waals surface area contributed by atoms with Gasteiger partial charge in [0.1, 0.15) is 0 Å². The van der Waals surface area contributed by atoms with Gasteiger partial charge in [0.15, 0.2) is 0 Å². The monoisotopic (exact) mass is 238 g/mol. The second-order valence-electron chi connectivity index (χ2n) is 0.635. The fourth-order valence-corrected chi connectivity index (χ4v) is 0. The molecule has 0 rings (SSSR count). The molecule has 11 heavy (non-hydrogen) atoms. The van der Waals surface area contributed by atoms with Crippen LogP contribution in [-0.4, -0.2) is 29.7 Å². The second-order valence-corrected chi connectivity index (χ2v) is 0.635. The van der Waals surface area contributed by atoms with Gasteiger partial charge in [0.25, 0.3) is 0 Å². The third-order valence-electron chi connectivity index (χ3n) is 0. The normalized spacial score (nSPS) is 4.91. The van der Waals surface area contributed by atoms with Crippen LogP contribution in [0.3, 0.4) is 0 Å². The molecule has 0 aliphatic carbocycles. The van der Waals surface area contributed by atoms with Gasteiger partial charge in [0.05, 0.1) is 0 Å². The van der Waals surface area contributed by atoms with E-state index < -0.39 is 14.6 Å². The minimum absolute atomic E-state index is 0. The van der Waals surface area contributed by atoms with Gasteiger partial charge in [-0.3, -0.25) is 7.32 Å². The first-order chi connectivity index (χ1) is 3.46. The van der Waals surface area contributed by atoms with Gasteiger partial charge in [-0.25, -0.2) is 0 Å². The summed E-state index contributed by atoms with van der Waals surface area (Å²) in [5, 5.41) is 46.7. The van der Waals surface area contributed by atoms with Crippen molar-refractivity contribution in [1.82, 2.24) is 0 Å². The van der Waals surface area contributed by atoms with Crippen LogP contribution in [0.15, 0.2) is 0 Å². The van der Waals surface area contributed by atoms with E-state index in [1.165, 1.54) is 0 Å². The van der Waals surface area contributed by atoms with E-state index in [1.54, 1.807) is 0 Å². The van der Waals surface area contributed by atoms with Crippen molar-refractivity contribution in [3.05, 3.63) is 0 Å². The Morgan fingerprint density at radius 2 is 0.727 bits per heavy atom. The molecular formula is H3B2K3O6. The maximum atomic E-state index is 8.42. The summed E-state index contributed by atoms with van der Waals surface area (Å²) in [5.74, 6) is 0. The van der Waals surface area contributed by atoms with Crippen molar-refractivity contribution >= 4 is 14.6 Å². The molecule has 0 bridgehead atoms. The molecule has 0 spiro atoms. The summed E-state index contributed by atoms with van der Waals surface area (Å²) in [5.41, 5.74) is 0. The molecule has 0 fully saturated rings. The number of hydrogen-bond donors (Lipinski definition) is 3. The first-order valence-corrected chi connectivity index (χ1v) is 1.48. The van der Waals surface area contributed by atoms with E-state index in [1.807, 2.05) is 0 Å². The predicted molar refractivity (Wildman–Crippen MR) is 18.2 cm³/mol. The Morgan fingerprint density at radius 1 is 0.727 bits per heavy atom. The van der Waals surface area contributed by atoms with E-state index in [-0.39, 0.29) is 154 Å². The summed E-state index contributed by atoms with van der Waals surface area (Å²) in [6.07, 6.45) is 0. The molecule has 0 unspecified atom stereocenters. The van der Waals surface area contributed by atoms with Gasteiger partial charge < -0.3 is 30.1 Å². The van der Waals surface area contributed by atoms with Crippen LogP contribution in [-0.2, 0) is 0 Å². The SMILES string of the molecule is OB(O)O.[K+].[K+].[K+].[O-]B([O-])[O-]. The summed E-state index contributed by atoms with van der Waals surface area (Å²) >= 11 is 0. The minimum atomic E-state index is -2.92. The summed E-state index contributed by atoms with van der Waals surface area (Å²) < 4.78 is 0. The van der Waals surface area contributed by atoms with E-state index in [0.29, 0.717) is 0 Å². The van der Waals surface area contributed by atoms with Crippen molar-refractivity contribution in [2.75, 3.05) is 0 Å². The summed E-state index contributed by atoms with van der Waals surface area (Å²) in [7, 11) is -5.08. The molecule has 48 valence electrons. The molecule has 0 aromatic heterocycles. The summed E-state index contributed by atoms with van der Waals surface area (Å²) in [6.45, 7) is 0. The van der Waals surface area contributed by atoms with E-state index in [2.05, 4.69) is 0 Å². The molecule has 0 saturated heterocycles. The topological polar surface area (TPSA) is 130 Å². The van der Waals surface area contributed by atoms with Crippen LogP contribution in [0.2, 0.25) is 0 Å². The molecule has 6 nitrogen and oxygen atoms in total. The molecule has 0 aromatic rings. The molecule has 0 heterocycles. The molecule has 0 aliphatic rings. The number of rotatable bonds is 0. The Morgan fingerprint density at radius 3 is 0.727 bits per heavy atom. The zero-order valence-corrected chi connectivity index (χ0v) is 16.1. The van der Waals surface area contributed by atoms with Crippen LogP contribution in [0.4, 0.5) is 0 Å². The van der Waals surface area contributed by atoms with Gasteiger partial charge in [-0.2, -0.15) is 0 Å². The van der Waals surface area contributed by atoms with Crippen LogP contribution in [0.1, 0.15) is 0 Å². The van der Waals surface area contributed by atoms with Crippen molar-refractivity contribution in [2.24, 2.45) is 0 Å². The van der Waals surface area contributed by atoms with Crippen LogP contribution in [0.25, 0.3) is 0 Å². The fraction of sp³-hybridized carbons (Fsp3) is 0. The average Bonchev–Trinajstić information content (AvgIpc) is 1.25. The van der Waals surface area contributed by atoms with Crippen molar-refractivity contribution in [3.63, 3.8) is 0 Å². The standard InChI is InChI=1S/BH3O3.BO3.3K/c2*2-1(3)4;;;/h2-4H;;;;/q;-3;3*+1. The molecule has 0 amide bonds. The average molecular weight is 238 g/mol. The largest absolute Gasteiger partial charge is 1.00 e. The zero-order chi connectivity index (χ0) is 7.15. The first-order valence-electron chi connectivity index (χ1n) is 1.48. The minimum Gasteiger partial charge on any atom is -0.907 e. The smallest absolute Gasteiger partial charge is 0.907 e. The van der Waals surface area contributed by atoms with Crippen LogP contribution < -0.4 is 169 Å². The van der Waals surface area contributed by atoms with Gasteiger partial charge in [0.2, 0.25) is 0 Å². The maximum absolute atomic E-state index is 8.42. The summed E-state index contributed by atoms with van der Waals surface area (Å²) in [4.78, 5) is 0. The molecule has 0 radical (unpaired) electrons. The van der Waals surface area contributed by atoms with E-state index in [0.717, 1.165) is 0 Å². The Labute approximate surface area is 193 Å².